The molecule has 0 radical (unpaired) electrons. The predicted octanol–water partition coefficient (Wildman–Crippen LogP) is 6.35. The number of rotatable bonds is 4. The Labute approximate surface area is 110 Å². The Hall–Kier alpha value is -0.0700. The molecule has 108 valence electrons. The van der Waals surface area contributed by atoms with Crippen molar-refractivity contribution in [2.24, 2.45) is 23.7 Å². The summed E-state index contributed by atoms with van der Waals surface area (Å²) >= 11 is 0. The van der Waals surface area contributed by atoms with E-state index in [9.17, 15) is 4.39 Å². The van der Waals surface area contributed by atoms with Gasteiger partial charge in [-0.1, -0.05) is 62.8 Å². The molecule has 0 aliphatic rings. The SMILES string of the molecule is C.CC(C)C(C)(F)C(C)C.CC(C)CC(C)C. The second-order valence-corrected chi connectivity index (χ2v) is 6.48. The smallest absolute Gasteiger partial charge is 0.112 e. The maximum atomic E-state index is 13.3. The molecule has 0 unspecified atom stereocenters. The molecule has 0 saturated carbocycles. The van der Waals surface area contributed by atoms with Crippen LogP contribution < -0.4 is 0 Å². The highest BCUT2D eigenvalue weighted by Gasteiger charge is 2.30. The van der Waals surface area contributed by atoms with Crippen LogP contribution in [0.25, 0.3) is 0 Å². The van der Waals surface area contributed by atoms with Crippen molar-refractivity contribution in [3.8, 4) is 0 Å². The van der Waals surface area contributed by atoms with Crippen molar-refractivity contribution >= 4 is 0 Å². The number of halogens is 1. The van der Waals surface area contributed by atoms with Gasteiger partial charge >= 0.3 is 0 Å². The van der Waals surface area contributed by atoms with Crippen molar-refractivity contribution in [2.75, 3.05) is 0 Å². The normalized spacial score (nSPS) is 11.6. The molecule has 0 rings (SSSR count). The van der Waals surface area contributed by atoms with Crippen LogP contribution in [0.3, 0.4) is 0 Å². The molecule has 1 heteroatoms. The lowest BCUT2D eigenvalue weighted by Crippen LogP contribution is -2.31. The van der Waals surface area contributed by atoms with Crippen LogP contribution in [-0.2, 0) is 0 Å². The molecular formula is C16H37F. The van der Waals surface area contributed by atoms with Crippen molar-refractivity contribution in [2.45, 2.75) is 81.8 Å². The molecule has 0 amide bonds. The third-order valence-corrected chi connectivity index (χ3v) is 3.20. The Bertz CT molecular complexity index is 139. The minimum atomic E-state index is -1.00. The van der Waals surface area contributed by atoms with Gasteiger partial charge in [-0.15, -0.1) is 0 Å². The highest BCUT2D eigenvalue weighted by molar-refractivity contribution is 4.79. The quantitative estimate of drug-likeness (QED) is 0.543. The standard InChI is InChI=1S/C8H17F.C7H16.CH4/c1-6(2)8(5,9)7(3)4;1-6(2)5-7(3)4;/h6-7H,1-5H3;6-7H,5H2,1-4H3;1H4. The predicted molar refractivity (Wildman–Crippen MR) is 80.2 cm³/mol. The monoisotopic (exact) mass is 248 g/mol. The molecule has 0 N–H and O–H groups in total. The van der Waals surface area contributed by atoms with Crippen LogP contribution in [0.15, 0.2) is 0 Å². The molecule has 0 nitrogen and oxygen atoms in total. The summed E-state index contributed by atoms with van der Waals surface area (Å²) in [4.78, 5) is 0. The van der Waals surface area contributed by atoms with E-state index in [1.807, 2.05) is 27.7 Å². The summed E-state index contributed by atoms with van der Waals surface area (Å²) in [5.74, 6) is 2.00. The average Bonchev–Trinajstić information content (AvgIpc) is 2.01. The lowest BCUT2D eigenvalue weighted by molar-refractivity contribution is 0.0677. The number of hydrogen-bond donors (Lipinski definition) is 0. The van der Waals surface area contributed by atoms with Gasteiger partial charge in [-0.3, -0.25) is 0 Å². The molecule has 0 aromatic carbocycles. The highest BCUT2D eigenvalue weighted by atomic mass is 19.1. The second-order valence-electron chi connectivity index (χ2n) is 6.48. The molecule has 0 heterocycles. The first kappa shape index (κ1) is 22.1. The highest BCUT2D eigenvalue weighted by Crippen LogP contribution is 2.29. The van der Waals surface area contributed by atoms with Gasteiger partial charge in [-0.05, 0) is 37.0 Å². The maximum absolute atomic E-state index is 13.3. The number of hydrogen-bond acceptors (Lipinski definition) is 0. The minimum absolute atomic E-state index is 0. The molecular weight excluding hydrogens is 211 g/mol. The summed E-state index contributed by atoms with van der Waals surface area (Å²) in [5, 5.41) is 0. The van der Waals surface area contributed by atoms with Crippen molar-refractivity contribution in [3.05, 3.63) is 0 Å². The van der Waals surface area contributed by atoms with E-state index in [0.717, 1.165) is 11.8 Å². The summed E-state index contributed by atoms with van der Waals surface area (Å²) in [6.45, 7) is 18.4. The van der Waals surface area contributed by atoms with Crippen LogP contribution in [-0.4, -0.2) is 5.67 Å². The summed E-state index contributed by atoms with van der Waals surface area (Å²) in [5.41, 5.74) is -1.00. The zero-order valence-corrected chi connectivity index (χ0v) is 12.9. The van der Waals surface area contributed by atoms with Gasteiger partial charge in [0.25, 0.3) is 0 Å². The summed E-state index contributed by atoms with van der Waals surface area (Å²) < 4.78 is 13.3. The third kappa shape index (κ3) is 12.2. The average molecular weight is 248 g/mol. The van der Waals surface area contributed by atoms with Crippen molar-refractivity contribution in [3.63, 3.8) is 0 Å². The van der Waals surface area contributed by atoms with Gasteiger partial charge in [0.15, 0.2) is 0 Å². The van der Waals surface area contributed by atoms with Crippen LogP contribution in [0.4, 0.5) is 4.39 Å². The van der Waals surface area contributed by atoms with Crippen LogP contribution in [0.2, 0.25) is 0 Å². The zero-order valence-electron chi connectivity index (χ0n) is 12.9. The Morgan fingerprint density at radius 3 is 1.00 bits per heavy atom. The van der Waals surface area contributed by atoms with Gasteiger partial charge in [-0.25, -0.2) is 4.39 Å². The topological polar surface area (TPSA) is 0 Å². The molecule has 0 atom stereocenters. The van der Waals surface area contributed by atoms with Gasteiger partial charge in [0.05, 0.1) is 0 Å². The molecule has 0 aliphatic heterocycles. The first-order chi connectivity index (χ1) is 7.01. The van der Waals surface area contributed by atoms with Crippen LogP contribution in [0.5, 0.6) is 0 Å². The summed E-state index contributed by atoms with van der Waals surface area (Å²) in [7, 11) is 0. The largest absolute Gasteiger partial charge is 0.244 e. The fourth-order valence-electron chi connectivity index (χ4n) is 1.61. The lowest BCUT2D eigenvalue weighted by atomic mass is 9.84. The molecule has 0 aromatic rings. The van der Waals surface area contributed by atoms with Gasteiger partial charge in [0.2, 0.25) is 0 Å². The lowest BCUT2D eigenvalue weighted by Gasteiger charge is -2.28. The van der Waals surface area contributed by atoms with Crippen LogP contribution >= 0.6 is 0 Å². The van der Waals surface area contributed by atoms with Crippen LogP contribution in [0, 0.1) is 23.7 Å². The molecule has 0 fully saturated rings. The van der Waals surface area contributed by atoms with E-state index in [0.29, 0.717) is 0 Å². The Morgan fingerprint density at radius 1 is 0.765 bits per heavy atom. The number of alkyl halides is 1. The Balaban J connectivity index is -0.000000224. The summed E-state index contributed by atoms with van der Waals surface area (Å²) in [6.07, 6.45) is 1.36. The third-order valence-electron chi connectivity index (χ3n) is 3.20. The van der Waals surface area contributed by atoms with E-state index in [-0.39, 0.29) is 19.3 Å². The van der Waals surface area contributed by atoms with E-state index in [4.69, 9.17) is 0 Å². The van der Waals surface area contributed by atoms with Gasteiger partial charge < -0.3 is 0 Å². The van der Waals surface area contributed by atoms with Crippen molar-refractivity contribution < 1.29 is 4.39 Å². The van der Waals surface area contributed by atoms with E-state index < -0.39 is 5.67 Å². The fourth-order valence-corrected chi connectivity index (χ4v) is 1.61. The molecule has 0 aromatic heterocycles. The maximum Gasteiger partial charge on any atom is 0.112 e. The van der Waals surface area contributed by atoms with Gasteiger partial charge in [0.1, 0.15) is 5.67 Å². The molecule has 0 saturated heterocycles. The fraction of sp³-hybridized carbons (Fsp3) is 1.00. The Morgan fingerprint density at radius 2 is 1.00 bits per heavy atom. The van der Waals surface area contributed by atoms with E-state index in [1.54, 1.807) is 6.92 Å². The minimum Gasteiger partial charge on any atom is -0.244 e. The Kier molecular flexibility index (Phi) is 12.9. The van der Waals surface area contributed by atoms with Crippen LogP contribution in [0.1, 0.15) is 76.2 Å². The second kappa shape index (κ2) is 9.91. The zero-order chi connectivity index (χ0) is 13.5. The molecule has 0 aliphatic carbocycles. The van der Waals surface area contributed by atoms with Crippen molar-refractivity contribution in [1.29, 1.82) is 0 Å². The molecule has 0 bridgehead atoms. The molecule has 17 heavy (non-hydrogen) atoms. The van der Waals surface area contributed by atoms with Gasteiger partial charge in [0, 0.05) is 0 Å². The van der Waals surface area contributed by atoms with E-state index in [2.05, 4.69) is 27.7 Å². The van der Waals surface area contributed by atoms with Crippen molar-refractivity contribution in [1.82, 2.24) is 0 Å². The van der Waals surface area contributed by atoms with E-state index in [1.165, 1.54) is 6.42 Å². The van der Waals surface area contributed by atoms with Gasteiger partial charge in [-0.2, -0.15) is 0 Å². The molecule has 0 spiro atoms. The summed E-state index contributed by atoms with van der Waals surface area (Å²) in [6, 6.07) is 0. The van der Waals surface area contributed by atoms with E-state index >= 15 is 0 Å². The first-order valence-corrected chi connectivity index (χ1v) is 6.70. The first-order valence-electron chi connectivity index (χ1n) is 6.70.